The molecular weight excluding hydrogens is 484 g/mol. The van der Waals surface area contributed by atoms with Crippen LogP contribution in [0.2, 0.25) is 0 Å². The molecule has 6 unspecified atom stereocenters. The van der Waals surface area contributed by atoms with Gasteiger partial charge in [0.05, 0.1) is 6.42 Å². The number of carbonyl (C=O) groups excluding carboxylic acids is 2. The predicted octanol–water partition coefficient (Wildman–Crippen LogP) is 4.59. The lowest BCUT2D eigenvalue weighted by atomic mass is 9.71. The van der Waals surface area contributed by atoms with Crippen LogP contribution in [0.5, 0.6) is 0 Å². The maximum atomic E-state index is 13.2. The summed E-state index contributed by atoms with van der Waals surface area (Å²) >= 11 is 0. The van der Waals surface area contributed by atoms with E-state index in [2.05, 4.69) is 17.6 Å². The van der Waals surface area contributed by atoms with Gasteiger partial charge in [0.15, 0.2) is 0 Å². The van der Waals surface area contributed by atoms with Gasteiger partial charge in [-0.25, -0.2) is 0 Å². The summed E-state index contributed by atoms with van der Waals surface area (Å²) in [5, 5.41) is 16.1. The van der Waals surface area contributed by atoms with E-state index in [1.165, 1.54) is 12.8 Å². The molecule has 8 nitrogen and oxygen atoms in total. The highest BCUT2D eigenvalue weighted by Crippen LogP contribution is 2.58. The molecule has 0 amide bonds. The van der Waals surface area contributed by atoms with Gasteiger partial charge in [0, 0.05) is 6.54 Å². The summed E-state index contributed by atoms with van der Waals surface area (Å²) in [6.07, 6.45) is 14.2. The molecule has 216 valence electrons. The van der Waals surface area contributed by atoms with Crippen LogP contribution in [0.4, 0.5) is 0 Å². The fourth-order valence-electron chi connectivity index (χ4n) is 7.57. The normalized spacial score (nSPS) is 31.6. The van der Waals surface area contributed by atoms with Gasteiger partial charge in [-0.15, -0.1) is 0 Å². The van der Waals surface area contributed by atoms with Gasteiger partial charge in [-0.05, 0) is 107 Å². The van der Waals surface area contributed by atoms with Gasteiger partial charge in [0.25, 0.3) is 0 Å². The number of esters is 2. The third-order valence-electron chi connectivity index (χ3n) is 9.98. The summed E-state index contributed by atoms with van der Waals surface area (Å²) in [6.45, 7) is 5.60. The zero-order chi connectivity index (χ0) is 27.1. The lowest BCUT2D eigenvalue weighted by molar-refractivity contribution is -0.160. The fourth-order valence-corrected chi connectivity index (χ4v) is 7.57. The Morgan fingerprint density at radius 2 is 1.53 bits per heavy atom. The highest BCUT2D eigenvalue weighted by molar-refractivity contribution is 5.83. The van der Waals surface area contributed by atoms with Gasteiger partial charge >= 0.3 is 17.9 Å². The average molecular weight is 535 g/mol. The number of aliphatic carboxylic acids is 1. The summed E-state index contributed by atoms with van der Waals surface area (Å²) in [6, 6.07) is -1.16. The molecule has 0 spiro atoms. The monoisotopic (exact) mass is 534 g/mol. The largest absolute Gasteiger partial charge is 0.480 e. The van der Waals surface area contributed by atoms with E-state index in [1.54, 1.807) is 0 Å². The molecule has 8 heteroatoms. The molecule has 4 aliphatic carbocycles. The van der Waals surface area contributed by atoms with E-state index in [-0.39, 0.29) is 36.0 Å². The van der Waals surface area contributed by atoms with Gasteiger partial charge in [0.2, 0.25) is 0 Å². The molecule has 4 fully saturated rings. The molecule has 0 aromatic rings. The summed E-state index contributed by atoms with van der Waals surface area (Å²) in [5.74, 6) is 0.151. The molecule has 38 heavy (non-hydrogen) atoms. The maximum absolute atomic E-state index is 13.2. The zero-order valence-electron chi connectivity index (χ0n) is 23.6. The summed E-state index contributed by atoms with van der Waals surface area (Å²) in [5.41, 5.74) is 0.104. The quantitative estimate of drug-likeness (QED) is 0.294. The molecule has 2 bridgehead atoms. The second-order valence-corrected chi connectivity index (χ2v) is 12.8. The van der Waals surface area contributed by atoms with Crippen molar-refractivity contribution in [1.29, 1.82) is 0 Å². The average Bonchev–Trinajstić information content (AvgIpc) is 3.45. The molecule has 0 radical (unpaired) electrons. The number of hydrogen-bond acceptors (Lipinski definition) is 7. The van der Waals surface area contributed by atoms with Gasteiger partial charge in [-0.3, -0.25) is 14.4 Å². The van der Waals surface area contributed by atoms with Gasteiger partial charge < -0.3 is 25.2 Å². The lowest BCUT2D eigenvalue weighted by Gasteiger charge is -2.38. The smallest absolute Gasteiger partial charge is 0.324 e. The fraction of sp³-hybridized carbons (Fsp3) is 0.900. The van der Waals surface area contributed by atoms with Crippen LogP contribution in [-0.2, 0) is 23.9 Å². The lowest BCUT2D eigenvalue weighted by Crippen LogP contribution is -2.47. The zero-order valence-corrected chi connectivity index (χ0v) is 23.6. The van der Waals surface area contributed by atoms with Crippen molar-refractivity contribution in [3.63, 3.8) is 0 Å². The number of hydrogen-bond donors (Lipinski definition) is 3. The van der Waals surface area contributed by atoms with Crippen LogP contribution in [0.25, 0.3) is 0 Å². The van der Waals surface area contributed by atoms with Gasteiger partial charge in [0.1, 0.15) is 24.3 Å². The van der Waals surface area contributed by atoms with Crippen molar-refractivity contribution < 1.29 is 29.0 Å². The van der Waals surface area contributed by atoms with Crippen molar-refractivity contribution >= 4 is 17.9 Å². The number of carboxylic acids is 1. The first-order valence-electron chi connectivity index (χ1n) is 15.4. The molecule has 0 aromatic heterocycles. The maximum Gasteiger partial charge on any atom is 0.324 e. The van der Waals surface area contributed by atoms with Crippen LogP contribution < -0.4 is 10.6 Å². The Hall–Kier alpha value is -1.67. The Morgan fingerprint density at radius 3 is 2.08 bits per heavy atom. The number of nitrogens with one attached hydrogen (secondary N) is 2. The Kier molecular flexibility index (Phi) is 10.5. The van der Waals surface area contributed by atoms with Crippen molar-refractivity contribution in [1.82, 2.24) is 10.6 Å². The molecule has 0 aromatic carbocycles. The van der Waals surface area contributed by atoms with Crippen LogP contribution in [-0.4, -0.2) is 60.4 Å². The standard InChI is InChI=1S/C30H50N2O6/c1-3-25(28(34)35)32-19-30(2)17-20-14-22(30)15-21(20)18-31-26(29(36)38-24-12-8-5-9-13-24)16-27(33)37-23-10-6-4-7-11-23/h20-26,31-32H,3-19H2,1-2H3,(H,34,35). The molecule has 4 rings (SSSR count). The highest BCUT2D eigenvalue weighted by Gasteiger charge is 2.52. The van der Waals surface area contributed by atoms with E-state index in [0.717, 1.165) is 77.2 Å². The predicted molar refractivity (Wildman–Crippen MR) is 144 cm³/mol. The molecule has 4 aliphatic rings. The first-order valence-corrected chi connectivity index (χ1v) is 15.4. The minimum atomic E-state index is -0.783. The van der Waals surface area contributed by atoms with E-state index in [0.29, 0.717) is 30.7 Å². The summed E-state index contributed by atoms with van der Waals surface area (Å²) in [7, 11) is 0. The number of ether oxygens (including phenoxy) is 2. The van der Waals surface area contributed by atoms with Crippen molar-refractivity contribution in [2.75, 3.05) is 13.1 Å². The van der Waals surface area contributed by atoms with Crippen molar-refractivity contribution in [2.45, 2.75) is 134 Å². The molecule has 4 saturated carbocycles. The van der Waals surface area contributed by atoms with Crippen LogP contribution in [0, 0.1) is 23.2 Å². The number of carboxylic acid groups (broad SMARTS) is 1. The number of fused-ring (bicyclic) bond motifs is 2. The second-order valence-electron chi connectivity index (χ2n) is 12.8. The molecule has 0 saturated heterocycles. The molecular formula is C30H50N2O6. The van der Waals surface area contributed by atoms with Crippen LogP contribution >= 0.6 is 0 Å². The van der Waals surface area contributed by atoms with Gasteiger partial charge in [-0.1, -0.05) is 26.7 Å². The molecule has 6 atom stereocenters. The third-order valence-corrected chi connectivity index (χ3v) is 9.98. The van der Waals surface area contributed by atoms with Crippen LogP contribution in [0.15, 0.2) is 0 Å². The molecule has 3 N–H and O–H groups in total. The highest BCUT2D eigenvalue weighted by atomic mass is 16.6. The number of rotatable bonds is 13. The van der Waals surface area contributed by atoms with Crippen LogP contribution in [0.1, 0.15) is 110 Å². The van der Waals surface area contributed by atoms with E-state index >= 15 is 0 Å². The van der Waals surface area contributed by atoms with Crippen molar-refractivity contribution in [2.24, 2.45) is 23.2 Å². The third kappa shape index (κ3) is 7.71. The SMILES string of the molecule is CCC(NCC1(C)CC2CC1CC2CNC(CC(=O)OC1CCCCC1)C(=O)OC1CCCCC1)C(=O)O. The van der Waals surface area contributed by atoms with Gasteiger partial charge in [-0.2, -0.15) is 0 Å². The van der Waals surface area contributed by atoms with E-state index in [1.807, 2.05) is 6.92 Å². The minimum absolute atomic E-state index is 0.0171. The van der Waals surface area contributed by atoms with Crippen molar-refractivity contribution in [3.8, 4) is 0 Å². The number of carbonyl (C=O) groups is 3. The summed E-state index contributed by atoms with van der Waals surface area (Å²) < 4.78 is 11.6. The van der Waals surface area contributed by atoms with E-state index in [9.17, 15) is 19.5 Å². The van der Waals surface area contributed by atoms with E-state index < -0.39 is 18.1 Å². The van der Waals surface area contributed by atoms with Crippen molar-refractivity contribution in [3.05, 3.63) is 0 Å². The molecule has 0 heterocycles. The molecule has 0 aliphatic heterocycles. The second kappa shape index (κ2) is 13.6. The topological polar surface area (TPSA) is 114 Å². The first kappa shape index (κ1) is 29.3. The van der Waals surface area contributed by atoms with E-state index in [4.69, 9.17) is 9.47 Å². The first-order chi connectivity index (χ1) is 18.3. The summed E-state index contributed by atoms with van der Waals surface area (Å²) in [4.78, 5) is 37.4. The Morgan fingerprint density at radius 1 is 0.895 bits per heavy atom. The Balaban J connectivity index is 1.29. The Bertz CT molecular complexity index is 809. The Labute approximate surface area is 228 Å². The van der Waals surface area contributed by atoms with Crippen LogP contribution in [0.3, 0.4) is 0 Å². The minimum Gasteiger partial charge on any atom is -0.480 e.